The summed E-state index contributed by atoms with van der Waals surface area (Å²) < 4.78 is 30.6. The highest BCUT2D eigenvalue weighted by molar-refractivity contribution is 7.88. The summed E-state index contributed by atoms with van der Waals surface area (Å²) in [5.41, 5.74) is 0. The quantitative estimate of drug-likeness (QED) is 0.247. The minimum Gasteiger partial charge on any atom is -0.461 e. The van der Waals surface area contributed by atoms with Crippen LogP contribution in [0.3, 0.4) is 0 Å². The average molecular weight is 406 g/mol. The smallest absolute Gasteiger partial charge is 0.302 e. The lowest BCUT2D eigenvalue weighted by atomic mass is 10.0. The molecule has 0 amide bonds. The fourth-order valence-corrected chi connectivity index (χ4v) is 4.23. The van der Waals surface area contributed by atoms with E-state index in [9.17, 15) is 13.2 Å². The predicted molar refractivity (Wildman–Crippen MR) is 113 cm³/mol. The van der Waals surface area contributed by atoms with E-state index in [1.807, 2.05) is 0 Å². The third-order valence-corrected chi connectivity index (χ3v) is 5.67. The van der Waals surface area contributed by atoms with Gasteiger partial charge in [0, 0.05) is 6.92 Å². The molecule has 6 heteroatoms. The van der Waals surface area contributed by atoms with Crippen LogP contribution in [0.2, 0.25) is 0 Å². The molecule has 0 bridgehead atoms. The van der Waals surface area contributed by atoms with Crippen molar-refractivity contribution in [2.24, 2.45) is 0 Å². The highest BCUT2D eigenvalue weighted by Gasteiger charge is 2.22. The number of nitrogens with one attached hydrogen (secondary N) is 1. The zero-order valence-electron chi connectivity index (χ0n) is 18.1. The number of hydrogen-bond acceptors (Lipinski definition) is 4. The zero-order chi connectivity index (χ0) is 20.5. The van der Waals surface area contributed by atoms with Gasteiger partial charge < -0.3 is 4.74 Å². The molecule has 0 aliphatic carbocycles. The summed E-state index contributed by atoms with van der Waals surface area (Å²) in [5.74, 6) is -0.364. The highest BCUT2D eigenvalue weighted by Crippen LogP contribution is 2.15. The molecular formula is C21H43NO4S. The van der Waals surface area contributed by atoms with E-state index >= 15 is 0 Å². The minimum absolute atomic E-state index is 0.364. The van der Waals surface area contributed by atoms with Crippen LogP contribution in [-0.4, -0.2) is 32.8 Å². The molecule has 0 heterocycles. The van der Waals surface area contributed by atoms with Crippen molar-refractivity contribution in [3.63, 3.8) is 0 Å². The summed E-state index contributed by atoms with van der Waals surface area (Å²) in [5, 5.41) is 0. The van der Waals surface area contributed by atoms with E-state index < -0.39 is 22.2 Å². The number of esters is 1. The van der Waals surface area contributed by atoms with Crippen molar-refractivity contribution in [3.05, 3.63) is 0 Å². The van der Waals surface area contributed by atoms with Crippen LogP contribution < -0.4 is 4.72 Å². The van der Waals surface area contributed by atoms with E-state index in [0.717, 1.165) is 19.1 Å². The van der Waals surface area contributed by atoms with Gasteiger partial charge in [-0.05, 0) is 19.8 Å². The van der Waals surface area contributed by atoms with Crippen LogP contribution >= 0.6 is 0 Å². The maximum absolute atomic E-state index is 11.4. The van der Waals surface area contributed by atoms with E-state index in [0.29, 0.717) is 6.42 Å². The molecule has 0 saturated carbocycles. The van der Waals surface area contributed by atoms with Gasteiger partial charge in [0.25, 0.3) is 0 Å². The molecule has 0 aliphatic rings. The normalized spacial score (nSPS) is 14.1. The Morgan fingerprint density at radius 3 is 1.63 bits per heavy atom. The third kappa shape index (κ3) is 18.5. The maximum Gasteiger partial charge on any atom is 0.302 e. The lowest BCUT2D eigenvalue weighted by Gasteiger charge is -2.23. The van der Waals surface area contributed by atoms with Crippen molar-refractivity contribution in [3.8, 4) is 0 Å². The van der Waals surface area contributed by atoms with E-state index in [1.165, 1.54) is 77.6 Å². The molecule has 0 aromatic rings. The first kappa shape index (κ1) is 26.4. The molecular weight excluding hydrogens is 362 g/mol. The zero-order valence-corrected chi connectivity index (χ0v) is 18.9. The third-order valence-electron chi connectivity index (χ3n) is 4.87. The number of hydrogen-bond donors (Lipinski definition) is 1. The van der Waals surface area contributed by atoms with Crippen molar-refractivity contribution in [2.75, 3.05) is 6.26 Å². The molecule has 1 N–H and O–H groups in total. The molecule has 0 rings (SSSR count). The fourth-order valence-electron chi connectivity index (χ4n) is 3.40. The molecule has 0 radical (unpaired) electrons. The first-order valence-electron chi connectivity index (χ1n) is 10.9. The number of ether oxygens (including phenoxy) is 1. The van der Waals surface area contributed by atoms with Crippen LogP contribution in [0.15, 0.2) is 0 Å². The Morgan fingerprint density at radius 1 is 0.852 bits per heavy atom. The second-order valence-electron chi connectivity index (χ2n) is 7.86. The molecule has 0 saturated heterocycles. The standard InChI is InChI=1S/C21H43NO4S/c1-5-6-7-8-9-10-11-12-13-14-15-16-17-18-21(26-20(3)23)19(2)22-27(4,24)25/h19,21-22H,5-18H2,1-4H3/t19-,21+/m0/s1. The molecule has 0 fully saturated rings. The molecule has 5 nitrogen and oxygen atoms in total. The van der Waals surface area contributed by atoms with Crippen LogP contribution in [0.1, 0.15) is 111 Å². The van der Waals surface area contributed by atoms with Gasteiger partial charge in [-0.1, -0.05) is 84.0 Å². The van der Waals surface area contributed by atoms with E-state index in [2.05, 4.69) is 11.6 Å². The summed E-state index contributed by atoms with van der Waals surface area (Å²) in [7, 11) is -3.30. The Hall–Kier alpha value is -0.620. The van der Waals surface area contributed by atoms with Gasteiger partial charge in [-0.25, -0.2) is 13.1 Å². The number of sulfonamides is 1. The number of carbonyl (C=O) groups is 1. The van der Waals surface area contributed by atoms with Gasteiger partial charge in [0.05, 0.1) is 12.3 Å². The number of unbranched alkanes of at least 4 members (excludes halogenated alkanes) is 12. The van der Waals surface area contributed by atoms with Gasteiger partial charge in [-0.3, -0.25) is 4.79 Å². The Labute approximate surface area is 168 Å². The van der Waals surface area contributed by atoms with Crippen LogP contribution in [0, 0.1) is 0 Å². The maximum atomic E-state index is 11.4. The lowest BCUT2D eigenvalue weighted by Crippen LogP contribution is -2.42. The summed E-state index contributed by atoms with van der Waals surface area (Å²) in [6.07, 6.45) is 18.1. The average Bonchev–Trinajstić information content (AvgIpc) is 2.56. The molecule has 0 aromatic carbocycles. The van der Waals surface area contributed by atoms with Gasteiger partial charge in [-0.15, -0.1) is 0 Å². The topological polar surface area (TPSA) is 72.5 Å². The highest BCUT2D eigenvalue weighted by atomic mass is 32.2. The largest absolute Gasteiger partial charge is 0.461 e. The van der Waals surface area contributed by atoms with Gasteiger partial charge in [0.1, 0.15) is 6.10 Å². The Morgan fingerprint density at radius 2 is 1.26 bits per heavy atom. The van der Waals surface area contributed by atoms with Crippen molar-refractivity contribution in [2.45, 2.75) is 123 Å². The van der Waals surface area contributed by atoms with Crippen molar-refractivity contribution < 1.29 is 17.9 Å². The Bertz CT molecular complexity index is 465. The SMILES string of the molecule is CCCCCCCCCCCCCCC[C@@H](OC(C)=O)[C@H](C)NS(C)(=O)=O. The molecule has 162 valence electrons. The van der Waals surface area contributed by atoms with Gasteiger partial charge >= 0.3 is 5.97 Å². The second-order valence-corrected chi connectivity index (χ2v) is 9.64. The Balaban J connectivity index is 3.72. The monoisotopic (exact) mass is 405 g/mol. The van der Waals surface area contributed by atoms with E-state index in [4.69, 9.17) is 4.74 Å². The second kappa shape index (κ2) is 16.3. The lowest BCUT2D eigenvalue weighted by molar-refractivity contribution is -0.147. The first-order valence-corrected chi connectivity index (χ1v) is 12.8. The van der Waals surface area contributed by atoms with Crippen molar-refractivity contribution >= 4 is 16.0 Å². The molecule has 2 atom stereocenters. The van der Waals surface area contributed by atoms with Gasteiger partial charge in [0.2, 0.25) is 10.0 Å². The van der Waals surface area contributed by atoms with Crippen LogP contribution in [0.5, 0.6) is 0 Å². The summed E-state index contributed by atoms with van der Waals surface area (Å²) in [4.78, 5) is 11.3. The first-order chi connectivity index (χ1) is 12.8. The predicted octanol–water partition coefficient (Wildman–Crippen LogP) is 5.34. The van der Waals surface area contributed by atoms with Gasteiger partial charge in [0.15, 0.2) is 0 Å². The van der Waals surface area contributed by atoms with Crippen LogP contribution in [0.25, 0.3) is 0 Å². The van der Waals surface area contributed by atoms with Crippen molar-refractivity contribution in [1.29, 1.82) is 0 Å². The molecule has 0 aliphatic heterocycles. The van der Waals surface area contributed by atoms with Crippen LogP contribution in [0.4, 0.5) is 0 Å². The molecule has 0 unspecified atom stereocenters. The van der Waals surface area contributed by atoms with E-state index in [-0.39, 0.29) is 5.97 Å². The van der Waals surface area contributed by atoms with Crippen molar-refractivity contribution in [1.82, 2.24) is 4.72 Å². The molecule has 27 heavy (non-hydrogen) atoms. The van der Waals surface area contributed by atoms with Crippen LogP contribution in [-0.2, 0) is 19.6 Å². The Kier molecular flexibility index (Phi) is 16.0. The number of carbonyl (C=O) groups excluding carboxylic acids is 1. The molecule has 0 aromatic heterocycles. The van der Waals surface area contributed by atoms with E-state index in [1.54, 1.807) is 6.92 Å². The summed E-state index contributed by atoms with van der Waals surface area (Å²) in [6.45, 7) is 5.37. The minimum atomic E-state index is -3.30. The number of rotatable bonds is 18. The summed E-state index contributed by atoms with van der Waals surface area (Å²) in [6, 6.07) is -0.402. The fraction of sp³-hybridized carbons (Fsp3) is 0.952. The summed E-state index contributed by atoms with van der Waals surface area (Å²) >= 11 is 0. The molecule has 0 spiro atoms. The van der Waals surface area contributed by atoms with Gasteiger partial charge in [-0.2, -0.15) is 0 Å².